The van der Waals surface area contributed by atoms with Crippen LogP contribution in [0.25, 0.3) is 10.9 Å². The molecule has 4 aromatic rings. The summed E-state index contributed by atoms with van der Waals surface area (Å²) < 4.78 is 12.6. The molecule has 0 unspecified atom stereocenters. The van der Waals surface area contributed by atoms with Crippen molar-refractivity contribution in [1.82, 2.24) is 30.1 Å². The van der Waals surface area contributed by atoms with Gasteiger partial charge in [0.15, 0.2) is 5.82 Å². The van der Waals surface area contributed by atoms with Crippen LogP contribution in [0.15, 0.2) is 53.3 Å². The number of H-pyrrole nitrogens is 1. The fourth-order valence-electron chi connectivity index (χ4n) is 4.90. The van der Waals surface area contributed by atoms with Gasteiger partial charge in [0.2, 0.25) is 0 Å². The maximum atomic E-state index is 13.4. The molecule has 36 heavy (non-hydrogen) atoms. The van der Waals surface area contributed by atoms with E-state index < -0.39 is 6.04 Å². The molecule has 2 aromatic carbocycles. The molecule has 10 heteroatoms. The van der Waals surface area contributed by atoms with Crippen LogP contribution in [0, 0.1) is 6.92 Å². The Morgan fingerprint density at radius 2 is 1.86 bits per heavy atom. The summed E-state index contributed by atoms with van der Waals surface area (Å²) in [5.41, 5.74) is 3.51. The standard InChI is InChI=1S/C26H31N7O3/c1-18-8-9-21-19(16-18)17-20(26(34)27-21)24(25-28-29-30-33(25)14-15-35-2)32-12-10-31(11-13-32)22-6-4-5-7-23(22)36-3/h4-9,16-17,24H,10-15H2,1-3H3,(H,27,34)/t24-/m0/s1. The van der Waals surface area contributed by atoms with E-state index >= 15 is 0 Å². The van der Waals surface area contributed by atoms with Crippen LogP contribution in [-0.4, -0.2) is 77.1 Å². The Kier molecular flexibility index (Phi) is 6.97. The molecule has 0 bridgehead atoms. The van der Waals surface area contributed by atoms with E-state index in [1.807, 2.05) is 43.3 Å². The minimum Gasteiger partial charge on any atom is -0.495 e. The van der Waals surface area contributed by atoms with Gasteiger partial charge >= 0.3 is 0 Å². The lowest BCUT2D eigenvalue weighted by molar-refractivity contribution is 0.171. The quantitative estimate of drug-likeness (QED) is 0.403. The van der Waals surface area contributed by atoms with Crippen molar-refractivity contribution in [2.75, 3.05) is 51.9 Å². The molecule has 1 atom stereocenters. The van der Waals surface area contributed by atoms with E-state index in [0.29, 0.717) is 24.5 Å². The number of methoxy groups -OCH3 is 2. The highest BCUT2D eigenvalue weighted by Crippen LogP contribution is 2.32. The highest BCUT2D eigenvalue weighted by molar-refractivity contribution is 5.79. The molecule has 0 aliphatic carbocycles. The fraction of sp³-hybridized carbons (Fsp3) is 0.385. The highest BCUT2D eigenvalue weighted by Gasteiger charge is 2.33. The molecule has 2 aromatic heterocycles. The largest absolute Gasteiger partial charge is 0.495 e. The maximum Gasteiger partial charge on any atom is 0.253 e. The summed E-state index contributed by atoms with van der Waals surface area (Å²) in [5, 5.41) is 13.5. The van der Waals surface area contributed by atoms with E-state index in [-0.39, 0.29) is 5.56 Å². The summed E-state index contributed by atoms with van der Waals surface area (Å²) in [7, 11) is 3.34. The monoisotopic (exact) mass is 489 g/mol. The Hall–Kier alpha value is -3.76. The Bertz CT molecular complexity index is 1390. The molecule has 1 saturated heterocycles. The third-order valence-corrected chi connectivity index (χ3v) is 6.74. The molecule has 1 fully saturated rings. The number of aryl methyl sites for hydroxylation is 1. The number of nitrogens with zero attached hydrogens (tertiary/aromatic N) is 6. The first-order valence-electron chi connectivity index (χ1n) is 12.1. The van der Waals surface area contributed by atoms with Crippen LogP contribution in [0.1, 0.15) is 23.0 Å². The van der Waals surface area contributed by atoms with E-state index in [0.717, 1.165) is 54.1 Å². The summed E-state index contributed by atoms with van der Waals surface area (Å²) in [5.74, 6) is 1.49. The summed E-state index contributed by atoms with van der Waals surface area (Å²) in [6.07, 6.45) is 0. The normalized spacial score (nSPS) is 15.4. The minimum absolute atomic E-state index is 0.134. The highest BCUT2D eigenvalue weighted by atomic mass is 16.5. The zero-order valence-corrected chi connectivity index (χ0v) is 20.8. The smallest absolute Gasteiger partial charge is 0.253 e. The number of aromatic nitrogens is 5. The predicted octanol–water partition coefficient (Wildman–Crippen LogP) is 2.39. The van der Waals surface area contributed by atoms with E-state index in [9.17, 15) is 4.79 Å². The molecule has 5 rings (SSSR count). The second-order valence-electron chi connectivity index (χ2n) is 8.99. The van der Waals surface area contributed by atoms with E-state index in [2.05, 4.69) is 42.4 Å². The van der Waals surface area contributed by atoms with Gasteiger partial charge in [0.25, 0.3) is 5.56 Å². The average molecular weight is 490 g/mol. The first kappa shape index (κ1) is 24.0. The van der Waals surface area contributed by atoms with Gasteiger partial charge in [-0.25, -0.2) is 4.68 Å². The number of anilines is 1. The van der Waals surface area contributed by atoms with Crippen LogP contribution in [0.5, 0.6) is 5.75 Å². The molecule has 0 amide bonds. The van der Waals surface area contributed by atoms with Crippen molar-refractivity contribution in [2.24, 2.45) is 0 Å². The second kappa shape index (κ2) is 10.5. The molecule has 1 aliphatic rings. The number of nitrogens with one attached hydrogen (secondary N) is 1. The topological polar surface area (TPSA) is 101 Å². The van der Waals surface area contributed by atoms with Gasteiger partial charge in [-0.15, -0.1) is 5.10 Å². The molecular formula is C26H31N7O3. The lowest BCUT2D eigenvalue weighted by Gasteiger charge is -2.40. The number of tetrazole rings is 1. The van der Waals surface area contributed by atoms with Crippen LogP contribution < -0.4 is 15.2 Å². The van der Waals surface area contributed by atoms with Crippen molar-refractivity contribution >= 4 is 16.6 Å². The number of para-hydroxylation sites is 2. The van der Waals surface area contributed by atoms with Crippen molar-refractivity contribution < 1.29 is 9.47 Å². The molecule has 3 heterocycles. The van der Waals surface area contributed by atoms with E-state index in [1.54, 1.807) is 18.9 Å². The Morgan fingerprint density at radius 1 is 1.06 bits per heavy atom. The van der Waals surface area contributed by atoms with E-state index in [1.165, 1.54) is 0 Å². The molecule has 0 saturated carbocycles. The van der Waals surface area contributed by atoms with Crippen LogP contribution in [0.3, 0.4) is 0 Å². The van der Waals surface area contributed by atoms with Crippen molar-refractivity contribution in [3.05, 3.63) is 75.8 Å². The Morgan fingerprint density at radius 3 is 2.64 bits per heavy atom. The van der Waals surface area contributed by atoms with Crippen molar-refractivity contribution in [2.45, 2.75) is 19.5 Å². The molecule has 1 N–H and O–H groups in total. The van der Waals surface area contributed by atoms with Crippen molar-refractivity contribution in [3.63, 3.8) is 0 Å². The van der Waals surface area contributed by atoms with Gasteiger partial charge < -0.3 is 19.4 Å². The number of hydrogen-bond acceptors (Lipinski definition) is 8. The summed E-state index contributed by atoms with van der Waals surface area (Å²) in [6, 6.07) is 15.7. The van der Waals surface area contributed by atoms with Crippen LogP contribution in [-0.2, 0) is 11.3 Å². The zero-order chi connectivity index (χ0) is 25.1. The lowest BCUT2D eigenvalue weighted by Crippen LogP contribution is -2.49. The van der Waals surface area contributed by atoms with Crippen LogP contribution in [0.2, 0.25) is 0 Å². The van der Waals surface area contributed by atoms with Gasteiger partial charge in [-0.2, -0.15) is 0 Å². The molecule has 0 spiro atoms. The third kappa shape index (κ3) is 4.69. The SMILES string of the molecule is COCCn1nnnc1[C@H](c1cc2cc(C)ccc2[nH]c1=O)N1CCN(c2ccccc2OC)CC1. The second-order valence-corrected chi connectivity index (χ2v) is 8.99. The zero-order valence-electron chi connectivity index (χ0n) is 20.8. The number of piperazine rings is 1. The van der Waals surface area contributed by atoms with Gasteiger partial charge in [0.1, 0.15) is 11.8 Å². The summed E-state index contributed by atoms with van der Waals surface area (Å²) >= 11 is 0. The summed E-state index contributed by atoms with van der Waals surface area (Å²) in [4.78, 5) is 21.0. The Balaban J connectivity index is 1.52. The van der Waals surface area contributed by atoms with E-state index in [4.69, 9.17) is 9.47 Å². The molecule has 188 valence electrons. The third-order valence-electron chi connectivity index (χ3n) is 6.74. The van der Waals surface area contributed by atoms with Gasteiger partial charge in [-0.3, -0.25) is 9.69 Å². The predicted molar refractivity (Wildman–Crippen MR) is 138 cm³/mol. The maximum absolute atomic E-state index is 13.4. The van der Waals surface area contributed by atoms with Crippen LogP contribution in [0.4, 0.5) is 5.69 Å². The van der Waals surface area contributed by atoms with Crippen molar-refractivity contribution in [1.29, 1.82) is 0 Å². The molecular weight excluding hydrogens is 458 g/mol. The lowest BCUT2D eigenvalue weighted by atomic mass is 10.0. The number of fused-ring (bicyclic) bond motifs is 1. The first-order chi connectivity index (χ1) is 17.6. The number of hydrogen-bond donors (Lipinski definition) is 1. The van der Waals surface area contributed by atoms with Crippen molar-refractivity contribution in [3.8, 4) is 5.75 Å². The first-order valence-corrected chi connectivity index (χ1v) is 12.1. The fourth-order valence-corrected chi connectivity index (χ4v) is 4.90. The van der Waals surface area contributed by atoms with Crippen LogP contribution >= 0.6 is 0 Å². The van der Waals surface area contributed by atoms with Gasteiger partial charge in [0.05, 0.1) is 25.9 Å². The van der Waals surface area contributed by atoms with Gasteiger partial charge in [0, 0.05) is 44.4 Å². The molecule has 1 aliphatic heterocycles. The molecule has 10 nitrogen and oxygen atoms in total. The Labute approximate surface area is 209 Å². The number of benzene rings is 2. The van der Waals surface area contributed by atoms with Gasteiger partial charge in [-0.1, -0.05) is 23.8 Å². The van der Waals surface area contributed by atoms with Gasteiger partial charge in [-0.05, 0) is 53.1 Å². The number of pyridine rings is 1. The number of ether oxygens (including phenoxy) is 2. The average Bonchev–Trinajstić information content (AvgIpc) is 3.36. The summed E-state index contributed by atoms with van der Waals surface area (Å²) in [6.45, 7) is 6.03. The molecule has 0 radical (unpaired) electrons. The number of rotatable bonds is 8. The number of aromatic amines is 1. The minimum atomic E-state index is -0.398.